The van der Waals surface area contributed by atoms with Crippen molar-refractivity contribution >= 4 is 11.6 Å². The molecule has 2 rings (SSSR count). The topological polar surface area (TPSA) is 56.8 Å². The van der Waals surface area contributed by atoms with Crippen LogP contribution in [0.25, 0.3) is 0 Å². The first-order chi connectivity index (χ1) is 11.8. The molecule has 0 aliphatic rings. The lowest BCUT2D eigenvalue weighted by Crippen LogP contribution is -2.20. The average molecular weight is 359 g/mol. The Morgan fingerprint density at radius 1 is 1.08 bits per heavy atom. The van der Waals surface area contributed by atoms with Gasteiger partial charge in [-0.25, -0.2) is 4.39 Å². The van der Waals surface area contributed by atoms with Crippen LogP contribution in [0.2, 0.25) is 0 Å². The van der Waals surface area contributed by atoms with E-state index in [9.17, 15) is 22.4 Å². The van der Waals surface area contributed by atoms with Gasteiger partial charge in [0.2, 0.25) is 0 Å². The number of hydrogen-bond donors (Lipinski definition) is 1. The van der Waals surface area contributed by atoms with Crippen LogP contribution in [-0.4, -0.2) is 26.0 Å². The third-order valence-electron chi connectivity index (χ3n) is 2.86. The van der Waals surface area contributed by atoms with Gasteiger partial charge in [-0.05, 0) is 36.4 Å². The molecule has 5 nitrogen and oxygen atoms in total. The number of carbonyl (C=O) groups is 1. The van der Waals surface area contributed by atoms with E-state index in [4.69, 9.17) is 9.47 Å². The minimum absolute atomic E-state index is 0.0398. The lowest BCUT2D eigenvalue weighted by atomic mass is 10.3. The van der Waals surface area contributed by atoms with Crippen molar-refractivity contribution in [1.29, 1.82) is 0 Å². The Bertz CT molecular complexity index is 732. The molecular formula is C16H13F4NO4. The van der Waals surface area contributed by atoms with Crippen molar-refractivity contribution in [3.8, 4) is 17.2 Å². The SMILES string of the molecule is COc1ccc(OCC(=O)Nc2ccc(OC(F)(F)F)cc2)cc1F. The second kappa shape index (κ2) is 7.73. The van der Waals surface area contributed by atoms with E-state index in [1.165, 1.54) is 31.4 Å². The molecule has 1 amide bonds. The Hall–Kier alpha value is -2.97. The summed E-state index contributed by atoms with van der Waals surface area (Å²) in [6.45, 7) is -0.410. The van der Waals surface area contributed by atoms with Gasteiger partial charge in [-0.3, -0.25) is 4.79 Å². The summed E-state index contributed by atoms with van der Waals surface area (Å²) in [6, 6.07) is 8.44. The van der Waals surface area contributed by atoms with Crippen LogP contribution in [0, 0.1) is 5.82 Å². The van der Waals surface area contributed by atoms with Gasteiger partial charge in [0.15, 0.2) is 18.2 Å². The fraction of sp³-hybridized carbons (Fsp3) is 0.188. The number of halogens is 4. The Morgan fingerprint density at radius 3 is 2.28 bits per heavy atom. The molecule has 2 aromatic rings. The molecule has 25 heavy (non-hydrogen) atoms. The number of alkyl halides is 3. The van der Waals surface area contributed by atoms with Crippen LogP contribution in [0.1, 0.15) is 0 Å². The zero-order chi connectivity index (χ0) is 18.4. The largest absolute Gasteiger partial charge is 0.573 e. The fourth-order valence-electron chi connectivity index (χ4n) is 1.82. The zero-order valence-corrected chi connectivity index (χ0v) is 12.9. The number of hydrogen-bond acceptors (Lipinski definition) is 4. The second-order valence-electron chi connectivity index (χ2n) is 4.71. The molecule has 0 aliphatic carbocycles. The van der Waals surface area contributed by atoms with Crippen LogP contribution in [0.3, 0.4) is 0 Å². The highest BCUT2D eigenvalue weighted by Gasteiger charge is 2.30. The van der Waals surface area contributed by atoms with Gasteiger partial charge in [-0.2, -0.15) is 0 Å². The average Bonchev–Trinajstić information content (AvgIpc) is 2.53. The third kappa shape index (κ3) is 5.87. The molecule has 0 bridgehead atoms. The van der Waals surface area contributed by atoms with E-state index in [0.29, 0.717) is 0 Å². The number of methoxy groups -OCH3 is 1. The molecule has 1 N–H and O–H groups in total. The maximum absolute atomic E-state index is 13.5. The number of ether oxygens (including phenoxy) is 3. The smallest absolute Gasteiger partial charge is 0.494 e. The van der Waals surface area contributed by atoms with Crippen LogP contribution in [0.4, 0.5) is 23.2 Å². The number of amides is 1. The summed E-state index contributed by atoms with van der Waals surface area (Å²) in [7, 11) is 1.32. The minimum Gasteiger partial charge on any atom is -0.494 e. The van der Waals surface area contributed by atoms with Crippen LogP contribution < -0.4 is 19.5 Å². The first-order valence-corrected chi connectivity index (χ1v) is 6.89. The monoisotopic (exact) mass is 359 g/mol. The van der Waals surface area contributed by atoms with E-state index < -0.39 is 30.4 Å². The summed E-state index contributed by atoms with van der Waals surface area (Å²) in [4.78, 5) is 11.7. The summed E-state index contributed by atoms with van der Waals surface area (Å²) in [5.74, 6) is -1.45. The van der Waals surface area contributed by atoms with Crippen LogP contribution in [-0.2, 0) is 4.79 Å². The summed E-state index contributed by atoms with van der Waals surface area (Å²) >= 11 is 0. The van der Waals surface area contributed by atoms with E-state index in [0.717, 1.165) is 18.2 Å². The molecule has 0 fully saturated rings. The zero-order valence-electron chi connectivity index (χ0n) is 12.9. The molecule has 2 aromatic carbocycles. The number of nitrogens with one attached hydrogen (secondary N) is 1. The predicted octanol–water partition coefficient (Wildman–Crippen LogP) is 3.75. The molecule has 0 heterocycles. The first kappa shape index (κ1) is 18.4. The van der Waals surface area contributed by atoms with Gasteiger partial charge in [-0.1, -0.05) is 0 Å². The standard InChI is InChI=1S/C16H13F4NO4/c1-23-14-7-6-12(8-13(14)17)24-9-15(22)21-10-2-4-11(5-3-10)25-16(18,19)20/h2-8H,9H2,1H3,(H,21,22). The molecule has 0 saturated heterocycles. The minimum atomic E-state index is -4.79. The van der Waals surface area contributed by atoms with Crippen LogP contribution in [0.5, 0.6) is 17.2 Å². The van der Waals surface area contributed by atoms with Crippen molar-refractivity contribution in [3.63, 3.8) is 0 Å². The van der Waals surface area contributed by atoms with Crippen LogP contribution >= 0.6 is 0 Å². The first-order valence-electron chi connectivity index (χ1n) is 6.89. The molecule has 0 spiro atoms. The summed E-state index contributed by atoms with van der Waals surface area (Å²) in [5, 5.41) is 2.42. The Labute approximate surface area is 140 Å². The van der Waals surface area contributed by atoms with Gasteiger partial charge in [0.05, 0.1) is 7.11 Å². The van der Waals surface area contributed by atoms with E-state index in [1.807, 2.05) is 0 Å². The van der Waals surface area contributed by atoms with Crippen molar-refractivity contribution in [2.24, 2.45) is 0 Å². The predicted molar refractivity (Wildman–Crippen MR) is 80.2 cm³/mol. The van der Waals surface area contributed by atoms with Gasteiger partial charge < -0.3 is 19.5 Å². The van der Waals surface area contributed by atoms with Gasteiger partial charge in [0, 0.05) is 11.8 Å². The quantitative estimate of drug-likeness (QED) is 0.798. The lowest BCUT2D eigenvalue weighted by molar-refractivity contribution is -0.274. The van der Waals surface area contributed by atoms with Gasteiger partial charge >= 0.3 is 6.36 Å². The van der Waals surface area contributed by atoms with Gasteiger partial charge in [0.1, 0.15) is 11.5 Å². The molecular weight excluding hydrogens is 346 g/mol. The van der Waals surface area contributed by atoms with Crippen molar-refractivity contribution in [2.45, 2.75) is 6.36 Å². The molecule has 0 aromatic heterocycles. The van der Waals surface area contributed by atoms with E-state index in [1.54, 1.807) is 0 Å². The maximum atomic E-state index is 13.5. The molecule has 0 saturated carbocycles. The van der Waals surface area contributed by atoms with Crippen molar-refractivity contribution in [2.75, 3.05) is 19.0 Å². The Balaban J connectivity index is 1.87. The van der Waals surface area contributed by atoms with Gasteiger partial charge in [-0.15, -0.1) is 13.2 Å². The molecule has 0 atom stereocenters. The number of rotatable bonds is 6. The Kier molecular flexibility index (Phi) is 5.68. The number of carbonyl (C=O) groups excluding carboxylic acids is 1. The highest BCUT2D eigenvalue weighted by atomic mass is 19.4. The normalized spacial score (nSPS) is 10.9. The third-order valence-corrected chi connectivity index (χ3v) is 2.86. The molecule has 0 aliphatic heterocycles. The second-order valence-corrected chi connectivity index (χ2v) is 4.71. The fourth-order valence-corrected chi connectivity index (χ4v) is 1.82. The van der Waals surface area contributed by atoms with Crippen molar-refractivity contribution in [1.82, 2.24) is 0 Å². The van der Waals surface area contributed by atoms with Crippen LogP contribution in [0.15, 0.2) is 42.5 Å². The lowest BCUT2D eigenvalue weighted by Gasteiger charge is -2.10. The van der Waals surface area contributed by atoms with Gasteiger partial charge in [0.25, 0.3) is 5.91 Å². The molecule has 0 unspecified atom stereocenters. The molecule has 9 heteroatoms. The number of benzene rings is 2. The maximum Gasteiger partial charge on any atom is 0.573 e. The van der Waals surface area contributed by atoms with E-state index >= 15 is 0 Å². The van der Waals surface area contributed by atoms with Crippen molar-refractivity contribution < 1.29 is 36.6 Å². The van der Waals surface area contributed by atoms with E-state index in [-0.39, 0.29) is 17.2 Å². The van der Waals surface area contributed by atoms with Crippen molar-refractivity contribution in [3.05, 3.63) is 48.3 Å². The summed E-state index contributed by atoms with van der Waals surface area (Å²) in [5.41, 5.74) is 0.254. The molecule has 134 valence electrons. The highest BCUT2D eigenvalue weighted by Crippen LogP contribution is 2.24. The summed E-state index contributed by atoms with van der Waals surface area (Å²) < 4.78 is 63.2. The highest BCUT2D eigenvalue weighted by molar-refractivity contribution is 5.91. The number of anilines is 1. The summed E-state index contributed by atoms with van der Waals surface area (Å²) in [6.07, 6.45) is -4.79. The Morgan fingerprint density at radius 2 is 1.72 bits per heavy atom. The van der Waals surface area contributed by atoms with E-state index in [2.05, 4.69) is 10.1 Å². The molecule has 0 radical (unpaired) electrons.